The minimum absolute atomic E-state index is 0.0469. The molecule has 0 fully saturated rings. The van der Waals surface area contributed by atoms with E-state index < -0.39 is 0 Å². The van der Waals surface area contributed by atoms with E-state index >= 15 is 0 Å². The first-order valence-electron chi connectivity index (χ1n) is 24.4. The zero-order valence-corrected chi connectivity index (χ0v) is 38.4. The number of allylic oxidation sites excluding steroid dienone is 2. The Balaban J connectivity index is 4.23. The second-order valence-electron chi connectivity index (χ2n) is 17.1. The van der Waals surface area contributed by atoms with Crippen LogP contribution in [0.1, 0.15) is 220 Å². The highest BCUT2D eigenvalue weighted by atomic mass is 16.5. The van der Waals surface area contributed by atoms with Gasteiger partial charge in [0.05, 0.1) is 0 Å². The van der Waals surface area contributed by atoms with Gasteiger partial charge in [-0.2, -0.15) is 0 Å². The van der Waals surface area contributed by atoms with E-state index in [2.05, 4.69) is 75.9 Å². The number of rotatable bonds is 43. The molecule has 0 aliphatic rings. The number of hydrogen-bond donors (Lipinski definition) is 0. The maximum absolute atomic E-state index is 12.3. The summed E-state index contributed by atoms with van der Waals surface area (Å²) in [5.41, 5.74) is 0. The summed E-state index contributed by atoms with van der Waals surface area (Å²) < 4.78 is 11.1. The molecule has 56 heavy (non-hydrogen) atoms. The van der Waals surface area contributed by atoms with Crippen LogP contribution in [0.5, 0.6) is 0 Å². The van der Waals surface area contributed by atoms with Crippen molar-refractivity contribution in [3.63, 3.8) is 0 Å². The molecule has 0 unspecified atom stereocenters. The normalized spacial score (nSPS) is 12.1. The Hall–Kier alpha value is -1.66. The van der Waals surface area contributed by atoms with Crippen LogP contribution in [0.3, 0.4) is 0 Å². The molecule has 0 aliphatic carbocycles. The predicted octanol–water partition coefficient (Wildman–Crippen LogP) is 14.1. The monoisotopic (exact) mass is 789 g/mol. The molecule has 6 heteroatoms. The molecule has 0 rings (SSSR count). The molecule has 0 aromatic carbocycles. The fourth-order valence-electron chi connectivity index (χ4n) is 7.59. The molecule has 330 valence electrons. The Morgan fingerprint density at radius 1 is 0.429 bits per heavy atom. The van der Waals surface area contributed by atoms with E-state index in [1.807, 2.05) is 0 Å². The van der Waals surface area contributed by atoms with Crippen LogP contribution in [0.2, 0.25) is 0 Å². The van der Waals surface area contributed by atoms with Gasteiger partial charge in [-0.1, -0.05) is 168 Å². The molecule has 0 amide bonds. The maximum atomic E-state index is 12.3. The SMILES string of the molecule is CCCCCC(C=CCOC(=O)CCCCCCCN(CCCCCCCC(=O)OCC=CC(CCCCC)CCCCC)CCCCN(C)C)CCCCC. The Kier molecular flexibility index (Phi) is 41.7. The van der Waals surface area contributed by atoms with E-state index in [0.29, 0.717) is 37.9 Å². The second-order valence-corrected chi connectivity index (χ2v) is 17.1. The van der Waals surface area contributed by atoms with Gasteiger partial charge in [0.25, 0.3) is 0 Å². The summed E-state index contributed by atoms with van der Waals surface area (Å²) in [4.78, 5) is 29.6. The van der Waals surface area contributed by atoms with E-state index in [0.717, 1.165) is 32.2 Å². The maximum Gasteiger partial charge on any atom is 0.306 e. The van der Waals surface area contributed by atoms with Crippen molar-refractivity contribution in [3.05, 3.63) is 24.3 Å². The van der Waals surface area contributed by atoms with Gasteiger partial charge in [0.15, 0.2) is 0 Å². The fourth-order valence-corrected chi connectivity index (χ4v) is 7.59. The molecule has 0 saturated carbocycles. The number of nitrogens with zero attached hydrogens (tertiary/aromatic N) is 2. The van der Waals surface area contributed by atoms with Crippen LogP contribution in [0.25, 0.3) is 0 Å². The van der Waals surface area contributed by atoms with Gasteiger partial charge < -0.3 is 19.3 Å². The van der Waals surface area contributed by atoms with Gasteiger partial charge >= 0.3 is 11.9 Å². The first-order valence-corrected chi connectivity index (χ1v) is 24.4. The molecule has 0 N–H and O–H groups in total. The van der Waals surface area contributed by atoms with E-state index in [4.69, 9.17) is 9.47 Å². The third-order valence-electron chi connectivity index (χ3n) is 11.3. The van der Waals surface area contributed by atoms with Crippen LogP contribution < -0.4 is 0 Å². The largest absolute Gasteiger partial charge is 0.461 e. The summed E-state index contributed by atoms with van der Waals surface area (Å²) >= 11 is 0. The van der Waals surface area contributed by atoms with Gasteiger partial charge in [-0.05, 0) is 116 Å². The molecule has 0 saturated heterocycles. The molecular weight excluding hydrogens is 693 g/mol. The van der Waals surface area contributed by atoms with Crippen LogP contribution in [0, 0.1) is 11.8 Å². The Bertz CT molecular complexity index is 819. The summed E-state index contributed by atoms with van der Waals surface area (Å²) in [6.45, 7) is 14.6. The molecule has 0 bridgehead atoms. The Morgan fingerprint density at radius 3 is 1.11 bits per heavy atom. The molecule has 0 atom stereocenters. The number of esters is 2. The van der Waals surface area contributed by atoms with Gasteiger partial charge in [0.1, 0.15) is 13.2 Å². The summed E-state index contributed by atoms with van der Waals surface area (Å²) in [5.74, 6) is 1.17. The fraction of sp³-hybridized carbons (Fsp3) is 0.880. The third-order valence-corrected chi connectivity index (χ3v) is 11.3. The molecule has 0 heterocycles. The molecule has 0 aromatic heterocycles. The number of ether oxygens (including phenoxy) is 2. The number of carbonyl (C=O) groups excluding carboxylic acids is 2. The van der Waals surface area contributed by atoms with Crippen LogP contribution in [0.4, 0.5) is 0 Å². The van der Waals surface area contributed by atoms with Gasteiger partial charge in [-0.25, -0.2) is 0 Å². The van der Waals surface area contributed by atoms with E-state index in [1.54, 1.807) is 0 Å². The average molecular weight is 789 g/mol. The second kappa shape index (κ2) is 42.9. The van der Waals surface area contributed by atoms with Crippen LogP contribution in [0.15, 0.2) is 24.3 Å². The summed E-state index contributed by atoms with van der Waals surface area (Å²) in [5, 5.41) is 0. The number of carbonyl (C=O) groups is 2. The van der Waals surface area contributed by atoms with Gasteiger partial charge in [0.2, 0.25) is 0 Å². The molecule has 0 radical (unpaired) electrons. The first kappa shape index (κ1) is 54.3. The lowest BCUT2D eigenvalue weighted by Gasteiger charge is -2.23. The van der Waals surface area contributed by atoms with Gasteiger partial charge in [-0.3, -0.25) is 9.59 Å². The van der Waals surface area contributed by atoms with Crippen molar-refractivity contribution in [2.45, 2.75) is 220 Å². The minimum Gasteiger partial charge on any atom is -0.461 e. The summed E-state index contributed by atoms with van der Waals surface area (Å²) in [6.07, 6.45) is 44.3. The third kappa shape index (κ3) is 39.2. The zero-order chi connectivity index (χ0) is 41.2. The molecule has 6 nitrogen and oxygen atoms in total. The van der Waals surface area contributed by atoms with Crippen molar-refractivity contribution >= 4 is 11.9 Å². The van der Waals surface area contributed by atoms with E-state index in [1.165, 1.54) is 174 Å². The van der Waals surface area contributed by atoms with E-state index in [9.17, 15) is 9.59 Å². The lowest BCUT2D eigenvalue weighted by molar-refractivity contribution is -0.143. The average Bonchev–Trinajstić information content (AvgIpc) is 3.18. The van der Waals surface area contributed by atoms with Crippen LogP contribution in [-0.4, -0.2) is 75.2 Å². The predicted molar refractivity (Wildman–Crippen MR) is 243 cm³/mol. The number of hydrogen-bond acceptors (Lipinski definition) is 6. The lowest BCUT2D eigenvalue weighted by Crippen LogP contribution is -2.28. The topological polar surface area (TPSA) is 59.1 Å². The van der Waals surface area contributed by atoms with Crippen molar-refractivity contribution < 1.29 is 19.1 Å². The smallest absolute Gasteiger partial charge is 0.306 e. The molecule has 0 aromatic rings. The summed E-state index contributed by atoms with van der Waals surface area (Å²) in [7, 11) is 4.32. The van der Waals surface area contributed by atoms with Crippen molar-refractivity contribution in [3.8, 4) is 0 Å². The quantitative estimate of drug-likeness (QED) is 0.0348. The van der Waals surface area contributed by atoms with Crippen molar-refractivity contribution in [2.24, 2.45) is 11.8 Å². The van der Waals surface area contributed by atoms with Gasteiger partial charge in [0, 0.05) is 12.8 Å². The molecular formula is C50H96N2O4. The molecule has 0 aliphatic heterocycles. The minimum atomic E-state index is -0.0469. The highest BCUT2D eigenvalue weighted by Gasteiger charge is 2.09. The van der Waals surface area contributed by atoms with Crippen LogP contribution >= 0.6 is 0 Å². The lowest BCUT2D eigenvalue weighted by atomic mass is 9.94. The zero-order valence-electron chi connectivity index (χ0n) is 38.4. The Morgan fingerprint density at radius 2 is 0.750 bits per heavy atom. The standard InChI is InChI=1S/C50H96N2O4/c1-7-11-21-33-47(34-22-12-8-2)37-31-45-55-49(53)39-25-17-15-19-27-42-52(44-30-29-41-51(5)6)43-28-20-16-18-26-40-50(54)56-46-32-38-48(35-23-13-9-3)36-24-14-10-4/h31-32,37-38,47-48H,7-30,33-36,39-46H2,1-6H3. The first-order chi connectivity index (χ1) is 27.4. The number of unbranched alkanes of at least 4 members (excludes halogenated alkanes) is 17. The van der Waals surface area contributed by atoms with Crippen molar-refractivity contribution in [1.82, 2.24) is 9.80 Å². The van der Waals surface area contributed by atoms with Crippen LogP contribution in [-0.2, 0) is 19.1 Å². The Labute approximate surface area is 349 Å². The van der Waals surface area contributed by atoms with Crippen molar-refractivity contribution in [1.29, 1.82) is 0 Å². The molecule has 0 spiro atoms. The highest BCUT2D eigenvalue weighted by molar-refractivity contribution is 5.69. The van der Waals surface area contributed by atoms with Crippen molar-refractivity contribution in [2.75, 3.05) is 53.5 Å². The highest BCUT2D eigenvalue weighted by Crippen LogP contribution is 2.20. The summed E-state index contributed by atoms with van der Waals surface area (Å²) in [6, 6.07) is 0. The van der Waals surface area contributed by atoms with E-state index in [-0.39, 0.29) is 11.9 Å². The van der Waals surface area contributed by atoms with Gasteiger partial charge in [-0.15, -0.1) is 0 Å².